The van der Waals surface area contributed by atoms with Crippen molar-refractivity contribution in [3.05, 3.63) is 24.3 Å². The van der Waals surface area contributed by atoms with E-state index in [0.717, 1.165) is 77.0 Å². The molecule has 4 unspecified atom stereocenters. The molecule has 0 rings (SSSR count). The van der Waals surface area contributed by atoms with Crippen LogP contribution in [-0.4, -0.2) is 77.0 Å². The van der Waals surface area contributed by atoms with Gasteiger partial charge in [-0.2, -0.15) is 0 Å². The van der Waals surface area contributed by atoms with Crippen LogP contribution in [0.15, 0.2) is 24.3 Å². The fourth-order valence-electron chi connectivity index (χ4n) is 5.91. The number of aliphatic hydroxyl groups excluding tert-OH is 2. The largest absolute Gasteiger partial charge is 0.472 e. The van der Waals surface area contributed by atoms with Gasteiger partial charge in [0.25, 0.3) is 0 Å². The monoisotopic (exact) mass is 807 g/mol. The van der Waals surface area contributed by atoms with Crippen LogP contribution in [0.3, 0.4) is 0 Å². The molecule has 4 atom stereocenters. The highest BCUT2D eigenvalue weighted by Gasteiger charge is 2.27. The highest BCUT2D eigenvalue weighted by molar-refractivity contribution is 7.47. The van der Waals surface area contributed by atoms with E-state index in [2.05, 4.69) is 29.3 Å². The highest BCUT2D eigenvalue weighted by Crippen LogP contribution is 2.43. The number of phosphoric ester groups is 1. The Morgan fingerprint density at radius 1 is 0.636 bits per heavy atom. The molecule has 12 nitrogen and oxygen atoms in total. The van der Waals surface area contributed by atoms with Crippen molar-refractivity contribution in [1.29, 1.82) is 0 Å². The van der Waals surface area contributed by atoms with Gasteiger partial charge in [-0.15, -0.1) is 0 Å². The number of carbonyl (C=O) groups is 2. The van der Waals surface area contributed by atoms with Crippen LogP contribution in [0.4, 0.5) is 0 Å². The average Bonchev–Trinajstić information content (AvgIpc) is 3.17. The SMILES string of the molecule is CCCCCCCCCCCCCCCCCC(=O)OCC(COP(=O)(O)OCC(O)CO)OC(=O)CCCCCCC/C=C\C=C\C(CCCCC)OO. The summed E-state index contributed by atoms with van der Waals surface area (Å²) in [6, 6.07) is 0. The Kier molecular flexibility index (Phi) is 38.0. The number of allylic oxidation sites excluding steroid dienone is 3. The average molecular weight is 807 g/mol. The maximum Gasteiger partial charge on any atom is 0.472 e. The Morgan fingerprint density at radius 3 is 1.67 bits per heavy atom. The fraction of sp³-hybridized carbons (Fsp3) is 0.857. The third-order valence-electron chi connectivity index (χ3n) is 9.33. The normalized spacial score (nSPS) is 14.7. The van der Waals surface area contributed by atoms with Gasteiger partial charge in [-0.3, -0.25) is 23.9 Å². The summed E-state index contributed by atoms with van der Waals surface area (Å²) < 4.78 is 32.7. The van der Waals surface area contributed by atoms with Gasteiger partial charge in [0.1, 0.15) is 18.8 Å². The molecule has 0 saturated carbocycles. The molecule has 0 saturated heterocycles. The molecular weight excluding hydrogens is 727 g/mol. The van der Waals surface area contributed by atoms with Gasteiger partial charge in [-0.25, -0.2) is 9.45 Å². The third kappa shape index (κ3) is 37.7. The maximum atomic E-state index is 12.6. The Bertz CT molecular complexity index is 992. The first kappa shape index (κ1) is 53.4. The summed E-state index contributed by atoms with van der Waals surface area (Å²) in [5.74, 6) is -0.979. The molecule has 0 heterocycles. The number of esters is 2. The third-order valence-corrected chi connectivity index (χ3v) is 10.3. The molecule has 55 heavy (non-hydrogen) atoms. The molecule has 324 valence electrons. The number of ether oxygens (including phenoxy) is 2. The van der Waals surface area contributed by atoms with Gasteiger partial charge < -0.3 is 24.6 Å². The summed E-state index contributed by atoms with van der Waals surface area (Å²) in [5.41, 5.74) is 0. The number of hydrogen-bond acceptors (Lipinski definition) is 11. The summed E-state index contributed by atoms with van der Waals surface area (Å²) in [5, 5.41) is 27.3. The zero-order chi connectivity index (χ0) is 40.7. The second-order valence-corrected chi connectivity index (χ2v) is 16.1. The van der Waals surface area contributed by atoms with Gasteiger partial charge in [-0.05, 0) is 32.1 Å². The van der Waals surface area contributed by atoms with Crippen molar-refractivity contribution >= 4 is 19.8 Å². The summed E-state index contributed by atoms with van der Waals surface area (Å²) in [6.45, 7) is 2.20. The highest BCUT2D eigenvalue weighted by atomic mass is 31.2. The van der Waals surface area contributed by atoms with E-state index < -0.39 is 51.8 Å². The Morgan fingerprint density at radius 2 is 1.13 bits per heavy atom. The minimum Gasteiger partial charge on any atom is -0.462 e. The van der Waals surface area contributed by atoms with Crippen LogP contribution in [0.25, 0.3) is 0 Å². The first-order valence-corrected chi connectivity index (χ1v) is 23.1. The number of hydrogen-bond donors (Lipinski definition) is 4. The van der Waals surface area contributed by atoms with E-state index in [1.165, 1.54) is 70.6 Å². The number of phosphoric acid groups is 1. The van der Waals surface area contributed by atoms with Crippen LogP contribution in [-0.2, 0) is 37.6 Å². The number of unbranched alkanes of at least 4 members (excludes halogenated alkanes) is 21. The zero-order valence-corrected chi connectivity index (χ0v) is 35.4. The van der Waals surface area contributed by atoms with Crippen molar-refractivity contribution in [2.45, 2.75) is 206 Å². The summed E-state index contributed by atoms with van der Waals surface area (Å²) in [4.78, 5) is 39.5. The van der Waals surface area contributed by atoms with Crippen molar-refractivity contribution in [2.24, 2.45) is 0 Å². The lowest BCUT2D eigenvalue weighted by Gasteiger charge is -2.20. The molecule has 4 N–H and O–H groups in total. The molecule has 0 aliphatic rings. The molecule has 0 amide bonds. The van der Waals surface area contributed by atoms with Gasteiger partial charge in [0.05, 0.1) is 19.8 Å². The molecule has 0 aromatic heterocycles. The molecule has 0 radical (unpaired) electrons. The molecule has 0 aromatic carbocycles. The molecule has 0 bridgehead atoms. The van der Waals surface area contributed by atoms with Crippen LogP contribution < -0.4 is 0 Å². The Labute approximate surface area is 333 Å². The Hall–Kier alpha value is -1.63. The van der Waals surface area contributed by atoms with Gasteiger partial charge in [0.15, 0.2) is 6.10 Å². The first-order valence-electron chi connectivity index (χ1n) is 21.6. The molecular formula is C42H79O12P. The lowest BCUT2D eigenvalue weighted by atomic mass is 10.0. The number of aliphatic hydroxyl groups is 2. The predicted molar refractivity (Wildman–Crippen MR) is 217 cm³/mol. The molecule has 0 spiro atoms. The van der Waals surface area contributed by atoms with E-state index in [1.807, 2.05) is 18.2 Å². The molecule has 0 aromatic rings. The second-order valence-electron chi connectivity index (χ2n) is 14.7. The molecule has 13 heteroatoms. The van der Waals surface area contributed by atoms with Crippen molar-refractivity contribution < 1.29 is 57.9 Å². The van der Waals surface area contributed by atoms with Gasteiger partial charge in [-0.1, -0.05) is 167 Å². The van der Waals surface area contributed by atoms with E-state index in [0.29, 0.717) is 12.8 Å². The van der Waals surface area contributed by atoms with E-state index in [1.54, 1.807) is 0 Å². The summed E-state index contributed by atoms with van der Waals surface area (Å²) in [7, 11) is -4.64. The smallest absolute Gasteiger partial charge is 0.462 e. The minimum atomic E-state index is -4.64. The van der Waals surface area contributed by atoms with Crippen LogP contribution in [0.1, 0.15) is 187 Å². The minimum absolute atomic E-state index is 0.136. The van der Waals surface area contributed by atoms with Crippen molar-refractivity contribution in [3.63, 3.8) is 0 Å². The van der Waals surface area contributed by atoms with E-state index in [4.69, 9.17) is 24.4 Å². The second kappa shape index (κ2) is 39.2. The quantitative estimate of drug-likeness (QED) is 0.0115. The summed E-state index contributed by atoms with van der Waals surface area (Å²) in [6.07, 6.45) is 33.1. The predicted octanol–water partition coefficient (Wildman–Crippen LogP) is 10.5. The van der Waals surface area contributed by atoms with Gasteiger partial charge in [0, 0.05) is 12.8 Å². The van der Waals surface area contributed by atoms with Crippen LogP contribution in [0.5, 0.6) is 0 Å². The lowest BCUT2D eigenvalue weighted by Crippen LogP contribution is -2.29. The number of rotatable bonds is 41. The maximum absolute atomic E-state index is 12.6. The first-order chi connectivity index (χ1) is 26.7. The lowest BCUT2D eigenvalue weighted by molar-refractivity contribution is -0.267. The van der Waals surface area contributed by atoms with Crippen LogP contribution in [0, 0.1) is 0 Å². The van der Waals surface area contributed by atoms with Crippen molar-refractivity contribution in [2.75, 3.05) is 26.4 Å². The van der Waals surface area contributed by atoms with E-state index in [-0.39, 0.29) is 25.6 Å². The van der Waals surface area contributed by atoms with Gasteiger partial charge in [0.2, 0.25) is 0 Å². The summed E-state index contributed by atoms with van der Waals surface area (Å²) >= 11 is 0. The topological polar surface area (TPSA) is 178 Å². The van der Waals surface area contributed by atoms with Crippen molar-refractivity contribution in [1.82, 2.24) is 0 Å². The standard InChI is InChI=1S/C42H79O12P/c1-3-5-7-8-9-10-11-12-13-14-15-18-21-24-28-32-41(45)50-36-40(37-52-55(48,49)51-35-38(44)34-43)53-42(46)33-29-25-22-19-16-17-20-23-27-31-39(54-47)30-26-6-4-2/h20,23,27,31,38-40,43-44,47H,3-19,21-22,24-26,28-30,32-37H2,1-2H3,(H,48,49)/b23-20-,31-27+. The Balaban J connectivity index is 4.39. The molecule has 0 aliphatic carbocycles. The van der Waals surface area contributed by atoms with Crippen LogP contribution >= 0.6 is 7.82 Å². The zero-order valence-electron chi connectivity index (χ0n) is 34.5. The van der Waals surface area contributed by atoms with E-state index >= 15 is 0 Å². The molecule has 0 aliphatic heterocycles. The van der Waals surface area contributed by atoms with Crippen LogP contribution in [0.2, 0.25) is 0 Å². The van der Waals surface area contributed by atoms with Crippen molar-refractivity contribution in [3.8, 4) is 0 Å². The number of carbonyl (C=O) groups excluding carboxylic acids is 2. The van der Waals surface area contributed by atoms with Gasteiger partial charge >= 0.3 is 19.8 Å². The molecule has 0 fully saturated rings. The fourth-order valence-corrected chi connectivity index (χ4v) is 6.70. The van der Waals surface area contributed by atoms with E-state index in [9.17, 15) is 24.2 Å².